The Morgan fingerprint density at radius 2 is 1.38 bits per heavy atom. The molecule has 0 saturated carbocycles. The average molecular weight is 454 g/mol. The van der Waals surface area contributed by atoms with Gasteiger partial charge < -0.3 is 9.47 Å². The molecule has 0 aromatic heterocycles. The van der Waals surface area contributed by atoms with Gasteiger partial charge in [0.1, 0.15) is 11.5 Å². The smallest absolute Gasteiger partial charge is 0.336 e. The fourth-order valence-corrected chi connectivity index (χ4v) is 3.29. The molecular weight excluding hydrogens is 426 g/mol. The molecule has 172 valence electrons. The van der Waals surface area contributed by atoms with Crippen LogP contribution in [0, 0.1) is 11.3 Å². The summed E-state index contributed by atoms with van der Waals surface area (Å²) in [5.74, 6) is 0.206. The van der Waals surface area contributed by atoms with Crippen LogP contribution in [0.4, 0.5) is 0 Å². The number of rotatable bonds is 10. The molecule has 0 unspecified atom stereocenters. The first-order chi connectivity index (χ1) is 16.6. The summed E-state index contributed by atoms with van der Waals surface area (Å²) in [4.78, 5) is 24.0. The minimum Gasteiger partial charge on any atom is -0.427 e. The van der Waals surface area contributed by atoms with Gasteiger partial charge in [-0.25, -0.2) is 4.79 Å². The van der Waals surface area contributed by atoms with Gasteiger partial charge in [0.15, 0.2) is 0 Å². The van der Waals surface area contributed by atoms with E-state index in [9.17, 15) is 9.59 Å². The van der Waals surface area contributed by atoms with Crippen LogP contribution in [-0.4, -0.2) is 11.9 Å². The fourth-order valence-electron chi connectivity index (χ4n) is 3.29. The Balaban J connectivity index is 1.48. The van der Waals surface area contributed by atoms with E-state index in [1.165, 1.54) is 6.08 Å². The minimum atomic E-state index is -0.492. The Morgan fingerprint density at radius 1 is 0.794 bits per heavy atom. The van der Waals surface area contributed by atoms with Gasteiger partial charge in [0.05, 0.1) is 11.6 Å². The predicted molar refractivity (Wildman–Crippen MR) is 132 cm³/mol. The lowest BCUT2D eigenvalue weighted by Crippen LogP contribution is -2.07. The van der Waals surface area contributed by atoms with Crippen molar-refractivity contribution in [3.63, 3.8) is 0 Å². The maximum atomic E-state index is 12.2. The molecule has 0 radical (unpaired) electrons. The number of carbonyl (C=O) groups excluding carboxylic acids is 2. The topological polar surface area (TPSA) is 76.4 Å². The Labute approximate surface area is 200 Å². The van der Waals surface area contributed by atoms with Crippen molar-refractivity contribution in [2.45, 2.75) is 39.0 Å². The van der Waals surface area contributed by atoms with Crippen molar-refractivity contribution >= 4 is 18.0 Å². The second-order valence-corrected chi connectivity index (χ2v) is 7.82. The maximum Gasteiger partial charge on any atom is 0.336 e. The second kappa shape index (κ2) is 12.8. The van der Waals surface area contributed by atoms with Crippen LogP contribution >= 0.6 is 0 Å². The van der Waals surface area contributed by atoms with E-state index in [0.717, 1.165) is 42.4 Å². The first kappa shape index (κ1) is 24.5. The number of carbonyl (C=O) groups is 2. The molecule has 0 aliphatic carbocycles. The second-order valence-electron chi connectivity index (χ2n) is 7.82. The predicted octanol–water partition coefficient (Wildman–Crippen LogP) is 6.72. The molecule has 3 aromatic carbocycles. The highest BCUT2D eigenvalue weighted by Crippen LogP contribution is 2.23. The summed E-state index contributed by atoms with van der Waals surface area (Å²) in [6, 6.07) is 23.5. The molecule has 34 heavy (non-hydrogen) atoms. The third-order valence-electron chi connectivity index (χ3n) is 5.18. The summed E-state index contributed by atoms with van der Waals surface area (Å²) in [5, 5.41) is 8.90. The molecule has 0 bridgehead atoms. The molecular formula is C29H27NO4. The summed E-state index contributed by atoms with van der Waals surface area (Å²) in [6.07, 6.45) is 7.54. The number of esters is 2. The van der Waals surface area contributed by atoms with Gasteiger partial charge >= 0.3 is 11.9 Å². The zero-order valence-electron chi connectivity index (χ0n) is 19.2. The summed E-state index contributed by atoms with van der Waals surface area (Å²) in [7, 11) is 0. The van der Waals surface area contributed by atoms with Crippen LogP contribution in [0.5, 0.6) is 11.5 Å². The van der Waals surface area contributed by atoms with Crippen LogP contribution in [0.1, 0.15) is 50.2 Å². The summed E-state index contributed by atoms with van der Waals surface area (Å²) in [5.41, 5.74) is 3.33. The lowest BCUT2D eigenvalue weighted by Gasteiger charge is -2.05. The number of nitriles is 1. The molecule has 0 aliphatic rings. The standard InChI is InChI=1S/C29H27NO4/c1-2-3-4-5-6-28(31)33-26-16-9-22(10-17-26)11-20-29(32)34-27-18-14-25(15-19-27)24-12-7-23(21-30)8-13-24/h7-20H,2-6H2,1H3/b20-11+. The lowest BCUT2D eigenvalue weighted by atomic mass is 10.0. The molecule has 5 nitrogen and oxygen atoms in total. The number of hydrogen-bond donors (Lipinski definition) is 0. The van der Waals surface area contributed by atoms with Crippen molar-refractivity contribution < 1.29 is 19.1 Å². The summed E-state index contributed by atoms with van der Waals surface area (Å²) < 4.78 is 10.7. The van der Waals surface area contributed by atoms with Gasteiger partial charge in [-0.05, 0) is 65.6 Å². The van der Waals surface area contributed by atoms with Gasteiger partial charge in [-0.3, -0.25) is 4.79 Å². The zero-order chi connectivity index (χ0) is 24.2. The van der Waals surface area contributed by atoms with Crippen LogP contribution < -0.4 is 9.47 Å². The molecule has 0 amide bonds. The van der Waals surface area contributed by atoms with Gasteiger partial charge in [0, 0.05) is 12.5 Å². The Kier molecular flexibility index (Phi) is 9.19. The van der Waals surface area contributed by atoms with Crippen molar-refractivity contribution in [1.29, 1.82) is 5.26 Å². The molecule has 0 atom stereocenters. The van der Waals surface area contributed by atoms with E-state index in [2.05, 4.69) is 13.0 Å². The number of nitrogens with zero attached hydrogens (tertiary/aromatic N) is 1. The van der Waals surface area contributed by atoms with Gasteiger partial charge in [-0.1, -0.05) is 62.6 Å². The van der Waals surface area contributed by atoms with E-state index >= 15 is 0 Å². The molecule has 3 aromatic rings. The van der Waals surface area contributed by atoms with Crippen molar-refractivity contribution in [2.24, 2.45) is 0 Å². The fraction of sp³-hybridized carbons (Fsp3) is 0.207. The molecule has 0 heterocycles. The van der Waals surface area contributed by atoms with Crippen LogP contribution in [0.2, 0.25) is 0 Å². The third-order valence-corrected chi connectivity index (χ3v) is 5.18. The first-order valence-corrected chi connectivity index (χ1v) is 11.4. The minimum absolute atomic E-state index is 0.229. The number of benzene rings is 3. The molecule has 0 N–H and O–H groups in total. The van der Waals surface area contributed by atoms with Crippen LogP contribution in [0.25, 0.3) is 17.2 Å². The molecule has 0 aliphatic heterocycles. The molecule has 0 spiro atoms. The molecule has 5 heteroatoms. The van der Waals surface area contributed by atoms with Crippen molar-refractivity contribution in [1.82, 2.24) is 0 Å². The highest BCUT2D eigenvalue weighted by molar-refractivity contribution is 5.88. The third kappa shape index (κ3) is 7.75. The first-order valence-electron chi connectivity index (χ1n) is 11.4. The van der Waals surface area contributed by atoms with Crippen LogP contribution in [0.15, 0.2) is 78.9 Å². The van der Waals surface area contributed by atoms with Gasteiger partial charge in [-0.2, -0.15) is 5.26 Å². The van der Waals surface area contributed by atoms with Crippen molar-refractivity contribution in [3.8, 4) is 28.7 Å². The van der Waals surface area contributed by atoms with E-state index in [1.54, 1.807) is 54.6 Å². The molecule has 3 rings (SSSR count). The number of hydrogen-bond acceptors (Lipinski definition) is 5. The average Bonchev–Trinajstić information content (AvgIpc) is 2.87. The van der Waals surface area contributed by atoms with E-state index in [4.69, 9.17) is 14.7 Å². The summed E-state index contributed by atoms with van der Waals surface area (Å²) >= 11 is 0. The van der Waals surface area contributed by atoms with Crippen molar-refractivity contribution in [2.75, 3.05) is 0 Å². The highest BCUT2D eigenvalue weighted by Gasteiger charge is 2.05. The number of ether oxygens (including phenoxy) is 2. The SMILES string of the molecule is CCCCCCC(=O)Oc1ccc(/C=C/C(=O)Oc2ccc(-c3ccc(C#N)cc3)cc2)cc1. The summed E-state index contributed by atoms with van der Waals surface area (Å²) in [6.45, 7) is 2.13. The zero-order valence-corrected chi connectivity index (χ0v) is 19.2. The lowest BCUT2D eigenvalue weighted by molar-refractivity contribution is -0.134. The Bertz CT molecular complexity index is 1150. The normalized spacial score (nSPS) is 10.6. The van der Waals surface area contributed by atoms with Crippen LogP contribution in [-0.2, 0) is 9.59 Å². The van der Waals surface area contributed by atoms with E-state index in [0.29, 0.717) is 23.5 Å². The van der Waals surface area contributed by atoms with E-state index in [-0.39, 0.29) is 5.97 Å². The molecule has 0 fully saturated rings. The van der Waals surface area contributed by atoms with Crippen molar-refractivity contribution in [3.05, 3.63) is 90.0 Å². The molecule has 0 saturated heterocycles. The monoisotopic (exact) mass is 453 g/mol. The maximum absolute atomic E-state index is 12.2. The van der Waals surface area contributed by atoms with Crippen LogP contribution in [0.3, 0.4) is 0 Å². The van der Waals surface area contributed by atoms with E-state index < -0.39 is 5.97 Å². The Hall–Kier alpha value is -4.17. The van der Waals surface area contributed by atoms with Gasteiger partial charge in [0.2, 0.25) is 0 Å². The van der Waals surface area contributed by atoms with Gasteiger partial charge in [0.25, 0.3) is 0 Å². The quantitative estimate of drug-likeness (QED) is 0.147. The van der Waals surface area contributed by atoms with E-state index in [1.807, 2.05) is 24.3 Å². The Morgan fingerprint density at radius 3 is 2.00 bits per heavy atom. The van der Waals surface area contributed by atoms with Gasteiger partial charge in [-0.15, -0.1) is 0 Å². The largest absolute Gasteiger partial charge is 0.427 e. The highest BCUT2D eigenvalue weighted by atomic mass is 16.5. The number of unbranched alkanes of at least 4 members (excludes halogenated alkanes) is 3.